The van der Waals surface area contributed by atoms with Crippen LogP contribution in [0.4, 0.5) is 17.3 Å². The van der Waals surface area contributed by atoms with Crippen molar-refractivity contribution < 1.29 is 4.92 Å². The highest BCUT2D eigenvalue weighted by atomic mass is 16.6. The molecule has 1 saturated carbocycles. The van der Waals surface area contributed by atoms with Gasteiger partial charge in [-0.3, -0.25) is 10.1 Å². The lowest BCUT2D eigenvalue weighted by molar-refractivity contribution is -0.384. The summed E-state index contributed by atoms with van der Waals surface area (Å²) in [6.07, 6.45) is 1.21. The van der Waals surface area contributed by atoms with Crippen molar-refractivity contribution >= 4 is 17.3 Å². The summed E-state index contributed by atoms with van der Waals surface area (Å²) >= 11 is 0. The average molecular weight is 222 g/mol. The fourth-order valence-corrected chi connectivity index (χ4v) is 1.65. The molecule has 2 atom stereocenters. The van der Waals surface area contributed by atoms with E-state index in [0.717, 1.165) is 12.5 Å². The molecular weight excluding hydrogens is 208 g/mol. The van der Waals surface area contributed by atoms with E-state index < -0.39 is 4.92 Å². The van der Waals surface area contributed by atoms with Gasteiger partial charge in [0.15, 0.2) is 0 Å². The number of rotatable bonds is 4. The van der Waals surface area contributed by atoms with Crippen LogP contribution in [0.3, 0.4) is 0 Å². The second kappa shape index (κ2) is 3.96. The number of nitrogen functional groups attached to an aromatic ring is 1. The van der Waals surface area contributed by atoms with E-state index in [-0.39, 0.29) is 11.5 Å². The van der Waals surface area contributed by atoms with Gasteiger partial charge in [-0.1, -0.05) is 6.92 Å². The molecule has 3 N–H and O–H groups in total. The molecule has 0 aromatic carbocycles. The minimum absolute atomic E-state index is 0.0288. The number of aromatic nitrogens is 1. The van der Waals surface area contributed by atoms with E-state index in [0.29, 0.717) is 11.7 Å². The van der Waals surface area contributed by atoms with Crippen molar-refractivity contribution in [2.75, 3.05) is 17.6 Å². The summed E-state index contributed by atoms with van der Waals surface area (Å²) in [7, 11) is 0. The van der Waals surface area contributed by atoms with Gasteiger partial charge in [-0.05, 0) is 18.3 Å². The number of nitrogens with two attached hydrogens (primary N) is 1. The quantitative estimate of drug-likeness (QED) is 0.596. The average Bonchev–Trinajstić information content (AvgIpc) is 2.91. The van der Waals surface area contributed by atoms with E-state index >= 15 is 0 Å². The van der Waals surface area contributed by atoms with Gasteiger partial charge in [0.1, 0.15) is 11.6 Å². The monoisotopic (exact) mass is 222 g/mol. The highest BCUT2D eigenvalue weighted by Gasteiger charge is 2.32. The van der Waals surface area contributed by atoms with E-state index in [1.54, 1.807) is 0 Å². The second-order valence-electron chi connectivity index (χ2n) is 4.25. The zero-order chi connectivity index (χ0) is 11.7. The van der Waals surface area contributed by atoms with E-state index in [9.17, 15) is 10.1 Å². The van der Waals surface area contributed by atoms with Crippen molar-refractivity contribution in [2.24, 2.45) is 11.8 Å². The van der Waals surface area contributed by atoms with Gasteiger partial charge in [0, 0.05) is 6.54 Å². The summed E-state index contributed by atoms with van der Waals surface area (Å²) < 4.78 is 0. The zero-order valence-corrected chi connectivity index (χ0v) is 9.01. The Morgan fingerprint density at radius 1 is 1.69 bits per heavy atom. The van der Waals surface area contributed by atoms with Gasteiger partial charge < -0.3 is 11.1 Å². The van der Waals surface area contributed by atoms with Crippen LogP contribution in [0.15, 0.2) is 12.1 Å². The van der Waals surface area contributed by atoms with Crippen molar-refractivity contribution in [2.45, 2.75) is 13.3 Å². The third-order valence-corrected chi connectivity index (χ3v) is 2.86. The molecule has 1 heterocycles. The highest BCUT2D eigenvalue weighted by Crippen LogP contribution is 2.37. The summed E-state index contributed by atoms with van der Waals surface area (Å²) in [5, 5.41) is 13.7. The number of pyridine rings is 1. The molecule has 0 aliphatic heterocycles. The van der Waals surface area contributed by atoms with Gasteiger partial charge >= 0.3 is 0 Å². The summed E-state index contributed by atoms with van der Waals surface area (Å²) in [5.41, 5.74) is 5.46. The Balaban J connectivity index is 2.05. The number of nitro groups is 1. The maximum atomic E-state index is 10.6. The summed E-state index contributed by atoms with van der Waals surface area (Å²) in [6, 6.07) is 2.66. The Morgan fingerprint density at radius 3 is 2.94 bits per heavy atom. The minimum atomic E-state index is -0.469. The molecule has 6 heteroatoms. The Morgan fingerprint density at radius 2 is 2.38 bits per heavy atom. The first-order valence-electron chi connectivity index (χ1n) is 5.22. The Bertz CT molecular complexity index is 421. The van der Waals surface area contributed by atoms with Crippen LogP contribution in [0.5, 0.6) is 0 Å². The second-order valence-corrected chi connectivity index (χ2v) is 4.25. The molecule has 0 spiro atoms. The Hall–Kier alpha value is -1.85. The maximum Gasteiger partial charge on any atom is 0.276 e. The summed E-state index contributed by atoms with van der Waals surface area (Å²) in [6.45, 7) is 2.98. The van der Waals surface area contributed by atoms with Crippen LogP contribution in [0, 0.1) is 22.0 Å². The van der Waals surface area contributed by atoms with E-state index in [1.807, 2.05) is 0 Å². The van der Waals surface area contributed by atoms with Crippen molar-refractivity contribution in [1.29, 1.82) is 0 Å². The van der Waals surface area contributed by atoms with E-state index in [4.69, 9.17) is 5.73 Å². The van der Waals surface area contributed by atoms with Crippen LogP contribution < -0.4 is 11.1 Å². The smallest absolute Gasteiger partial charge is 0.276 e. The maximum absolute atomic E-state index is 10.6. The van der Waals surface area contributed by atoms with E-state index in [2.05, 4.69) is 17.2 Å². The van der Waals surface area contributed by atoms with Gasteiger partial charge in [0.05, 0.1) is 17.1 Å². The van der Waals surface area contributed by atoms with Crippen molar-refractivity contribution in [3.8, 4) is 0 Å². The molecule has 16 heavy (non-hydrogen) atoms. The largest absolute Gasteiger partial charge is 0.383 e. The van der Waals surface area contributed by atoms with Crippen LogP contribution in [0.2, 0.25) is 0 Å². The van der Waals surface area contributed by atoms with Crippen LogP contribution >= 0.6 is 0 Å². The molecule has 2 unspecified atom stereocenters. The van der Waals surface area contributed by atoms with Crippen molar-refractivity contribution in [3.05, 3.63) is 22.2 Å². The first kappa shape index (κ1) is 10.7. The SMILES string of the molecule is CC1CC1CNc1cc([N+](=O)[O-])cc(N)n1. The predicted molar refractivity (Wildman–Crippen MR) is 61.1 cm³/mol. The lowest BCUT2D eigenvalue weighted by atomic mass is 10.3. The molecule has 1 aromatic heterocycles. The molecule has 2 rings (SSSR count). The molecule has 0 radical (unpaired) electrons. The van der Waals surface area contributed by atoms with Crippen LogP contribution in [0.1, 0.15) is 13.3 Å². The standard InChI is InChI=1S/C10H14N4O2/c1-6-2-7(6)5-12-10-4-8(14(15)16)3-9(11)13-10/h3-4,6-7H,2,5H2,1H3,(H3,11,12,13). The molecule has 0 saturated heterocycles. The minimum Gasteiger partial charge on any atom is -0.383 e. The van der Waals surface area contributed by atoms with Crippen LogP contribution in [-0.4, -0.2) is 16.5 Å². The van der Waals surface area contributed by atoms with Gasteiger partial charge in [-0.2, -0.15) is 0 Å². The summed E-state index contributed by atoms with van der Waals surface area (Å²) in [5.74, 6) is 2.04. The lowest BCUT2D eigenvalue weighted by Gasteiger charge is -2.05. The first-order chi connectivity index (χ1) is 7.56. The molecule has 1 aliphatic rings. The number of hydrogen-bond acceptors (Lipinski definition) is 5. The number of hydrogen-bond donors (Lipinski definition) is 2. The first-order valence-corrected chi connectivity index (χ1v) is 5.22. The van der Waals surface area contributed by atoms with Gasteiger partial charge in [0.25, 0.3) is 5.69 Å². The Kier molecular flexibility index (Phi) is 2.64. The fourth-order valence-electron chi connectivity index (χ4n) is 1.65. The van der Waals surface area contributed by atoms with Crippen LogP contribution in [-0.2, 0) is 0 Å². The number of anilines is 2. The predicted octanol–water partition coefficient (Wildman–Crippen LogP) is 1.64. The number of nitrogens with one attached hydrogen (secondary N) is 1. The molecule has 6 nitrogen and oxygen atoms in total. The zero-order valence-electron chi connectivity index (χ0n) is 9.01. The molecule has 86 valence electrons. The number of nitrogens with zero attached hydrogens (tertiary/aromatic N) is 2. The van der Waals surface area contributed by atoms with Crippen LogP contribution in [0.25, 0.3) is 0 Å². The van der Waals surface area contributed by atoms with Crippen molar-refractivity contribution in [1.82, 2.24) is 4.98 Å². The molecule has 1 fully saturated rings. The molecule has 1 aliphatic carbocycles. The fraction of sp³-hybridized carbons (Fsp3) is 0.500. The van der Waals surface area contributed by atoms with Crippen molar-refractivity contribution in [3.63, 3.8) is 0 Å². The topological polar surface area (TPSA) is 94.1 Å². The van der Waals surface area contributed by atoms with Gasteiger partial charge in [0.2, 0.25) is 0 Å². The molecular formula is C10H14N4O2. The summed E-state index contributed by atoms with van der Waals surface area (Å²) in [4.78, 5) is 14.1. The molecule has 0 bridgehead atoms. The normalized spacial score (nSPS) is 22.8. The van der Waals surface area contributed by atoms with E-state index in [1.165, 1.54) is 18.6 Å². The molecule has 1 aromatic rings. The molecule has 0 amide bonds. The van der Waals surface area contributed by atoms with Gasteiger partial charge in [-0.15, -0.1) is 0 Å². The third-order valence-electron chi connectivity index (χ3n) is 2.86. The van der Waals surface area contributed by atoms with Gasteiger partial charge in [-0.25, -0.2) is 4.98 Å². The third kappa shape index (κ3) is 2.39. The lowest BCUT2D eigenvalue weighted by Crippen LogP contribution is -2.07. The Labute approximate surface area is 93.0 Å². The highest BCUT2D eigenvalue weighted by molar-refractivity contribution is 5.52.